The molecular formula is C19H28O5. The van der Waals surface area contributed by atoms with Gasteiger partial charge in [0, 0.05) is 0 Å². The molecule has 0 saturated carbocycles. The second kappa shape index (κ2) is 10.7. The van der Waals surface area contributed by atoms with Crippen LogP contribution in [0.2, 0.25) is 0 Å². The summed E-state index contributed by atoms with van der Waals surface area (Å²) in [5.41, 5.74) is 0.889. The zero-order chi connectivity index (χ0) is 17.9. The van der Waals surface area contributed by atoms with Crippen molar-refractivity contribution in [2.75, 3.05) is 19.8 Å². The van der Waals surface area contributed by atoms with Crippen LogP contribution < -0.4 is 4.74 Å². The van der Waals surface area contributed by atoms with Gasteiger partial charge in [-0.1, -0.05) is 32.0 Å². The Labute approximate surface area is 144 Å². The Morgan fingerprint density at radius 2 is 1.71 bits per heavy atom. The molecule has 0 aliphatic heterocycles. The lowest BCUT2D eigenvalue weighted by molar-refractivity contribution is -0.154. The third-order valence-corrected chi connectivity index (χ3v) is 3.35. The molecule has 0 aromatic heterocycles. The van der Waals surface area contributed by atoms with Gasteiger partial charge in [0.2, 0.25) is 0 Å². The third kappa shape index (κ3) is 7.02. The van der Waals surface area contributed by atoms with Crippen LogP contribution in [-0.2, 0) is 25.5 Å². The molecule has 0 bridgehead atoms. The molecule has 1 aromatic rings. The number of rotatable bonds is 10. The van der Waals surface area contributed by atoms with Crippen LogP contribution in [0.15, 0.2) is 24.3 Å². The first-order chi connectivity index (χ1) is 11.5. The van der Waals surface area contributed by atoms with E-state index in [0.29, 0.717) is 25.6 Å². The van der Waals surface area contributed by atoms with E-state index < -0.39 is 11.9 Å². The van der Waals surface area contributed by atoms with Gasteiger partial charge in [0.05, 0.1) is 32.2 Å². The Bertz CT molecular complexity index is 524. The third-order valence-electron chi connectivity index (χ3n) is 3.35. The molecule has 0 N–H and O–H groups in total. The summed E-state index contributed by atoms with van der Waals surface area (Å²) in [4.78, 5) is 24.0. The standard InChI is InChI=1S/C19H28O5/c1-5-22-18(20)12-16(19(21)23-6-2)11-15-9-7-8-10-17(15)24-13-14(3)4/h7-10,14,16H,5-6,11-13H2,1-4H3. The second-order valence-electron chi connectivity index (χ2n) is 5.97. The van der Waals surface area contributed by atoms with Crippen molar-refractivity contribution in [3.63, 3.8) is 0 Å². The van der Waals surface area contributed by atoms with Gasteiger partial charge in [-0.3, -0.25) is 9.59 Å². The molecule has 1 unspecified atom stereocenters. The number of hydrogen-bond donors (Lipinski definition) is 0. The molecule has 5 nitrogen and oxygen atoms in total. The zero-order valence-electron chi connectivity index (χ0n) is 15.0. The van der Waals surface area contributed by atoms with Gasteiger partial charge in [-0.25, -0.2) is 0 Å². The summed E-state index contributed by atoms with van der Waals surface area (Å²) in [5, 5.41) is 0. The molecule has 0 radical (unpaired) electrons. The average Bonchev–Trinajstić information content (AvgIpc) is 2.53. The van der Waals surface area contributed by atoms with Crippen molar-refractivity contribution in [2.24, 2.45) is 11.8 Å². The summed E-state index contributed by atoms with van der Waals surface area (Å²) in [6.07, 6.45) is 0.386. The monoisotopic (exact) mass is 336 g/mol. The summed E-state index contributed by atoms with van der Waals surface area (Å²) in [6, 6.07) is 7.57. The highest BCUT2D eigenvalue weighted by molar-refractivity contribution is 5.80. The van der Waals surface area contributed by atoms with Crippen molar-refractivity contribution < 1.29 is 23.8 Å². The first kappa shape index (κ1) is 20.0. The van der Waals surface area contributed by atoms with Crippen LogP contribution in [0.25, 0.3) is 0 Å². The molecule has 1 aromatic carbocycles. The molecule has 0 aliphatic carbocycles. The maximum absolute atomic E-state index is 12.2. The van der Waals surface area contributed by atoms with E-state index in [0.717, 1.165) is 11.3 Å². The smallest absolute Gasteiger partial charge is 0.309 e. The molecule has 0 heterocycles. The molecule has 0 spiro atoms. The van der Waals surface area contributed by atoms with Gasteiger partial charge >= 0.3 is 11.9 Å². The first-order valence-corrected chi connectivity index (χ1v) is 8.50. The van der Waals surface area contributed by atoms with E-state index in [2.05, 4.69) is 13.8 Å². The van der Waals surface area contributed by atoms with Gasteiger partial charge < -0.3 is 14.2 Å². The van der Waals surface area contributed by atoms with Gasteiger partial charge in [0.15, 0.2) is 0 Å². The minimum atomic E-state index is -0.576. The Kier molecular flexibility index (Phi) is 8.90. The number of hydrogen-bond acceptors (Lipinski definition) is 5. The molecule has 1 atom stereocenters. The van der Waals surface area contributed by atoms with E-state index >= 15 is 0 Å². The fourth-order valence-electron chi connectivity index (χ4n) is 2.26. The number of carbonyl (C=O) groups excluding carboxylic acids is 2. The summed E-state index contributed by atoms with van der Waals surface area (Å²) < 4.78 is 15.9. The number of ether oxygens (including phenoxy) is 3. The normalized spacial score (nSPS) is 11.9. The van der Waals surface area contributed by atoms with Crippen LogP contribution >= 0.6 is 0 Å². The minimum absolute atomic E-state index is 0.00515. The average molecular weight is 336 g/mol. The number of carbonyl (C=O) groups is 2. The molecule has 0 fully saturated rings. The molecule has 5 heteroatoms. The second-order valence-corrected chi connectivity index (χ2v) is 5.97. The summed E-state index contributed by atoms with van der Waals surface area (Å²) in [6.45, 7) is 8.81. The van der Waals surface area contributed by atoms with E-state index in [4.69, 9.17) is 14.2 Å². The zero-order valence-corrected chi connectivity index (χ0v) is 15.0. The number of benzene rings is 1. The van der Waals surface area contributed by atoms with Gasteiger partial charge in [-0.15, -0.1) is 0 Å². The number of esters is 2. The van der Waals surface area contributed by atoms with Crippen molar-refractivity contribution in [3.8, 4) is 5.75 Å². The van der Waals surface area contributed by atoms with Gasteiger partial charge in [-0.05, 0) is 37.8 Å². The van der Waals surface area contributed by atoms with Crippen LogP contribution in [0.5, 0.6) is 5.75 Å². The van der Waals surface area contributed by atoms with E-state index in [1.54, 1.807) is 13.8 Å². The Morgan fingerprint density at radius 3 is 2.33 bits per heavy atom. The fourth-order valence-corrected chi connectivity index (χ4v) is 2.26. The van der Waals surface area contributed by atoms with Crippen molar-refractivity contribution in [1.29, 1.82) is 0 Å². The summed E-state index contributed by atoms with van der Waals surface area (Å²) in [7, 11) is 0. The highest BCUT2D eigenvalue weighted by atomic mass is 16.5. The maximum atomic E-state index is 12.2. The molecule has 0 aliphatic rings. The van der Waals surface area contributed by atoms with Crippen LogP contribution in [0.3, 0.4) is 0 Å². The van der Waals surface area contributed by atoms with Crippen LogP contribution in [-0.4, -0.2) is 31.8 Å². The van der Waals surface area contributed by atoms with Crippen molar-refractivity contribution in [2.45, 2.75) is 40.5 Å². The highest BCUT2D eigenvalue weighted by Crippen LogP contribution is 2.24. The van der Waals surface area contributed by atoms with Gasteiger partial charge in [0.1, 0.15) is 5.75 Å². The van der Waals surface area contributed by atoms with Crippen molar-refractivity contribution in [3.05, 3.63) is 29.8 Å². The fraction of sp³-hybridized carbons (Fsp3) is 0.579. The molecule has 1 rings (SSSR count). The SMILES string of the molecule is CCOC(=O)CC(Cc1ccccc1OCC(C)C)C(=O)OCC. The number of para-hydroxylation sites is 1. The Hall–Kier alpha value is -2.04. The molecule has 24 heavy (non-hydrogen) atoms. The van der Waals surface area contributed by atoms with Crippen LogP contribution in [0.4, 0.5) is 0 Å². The van der Waals surface area contributed by atoms with Crippen LogP contribution in [0, 0.1) is 11.8 Å². The lowest BCUT2D eigenvalue weighted by atomic mass is 9.95. The highest BCUT2D eigenvalue weighted by Gasteiger charge is 2.25. The predicted octanol–water partition coefficient (Wildman–Crippen LogP) is 3.40. The molecule has 0 saturated heterocycles. The Balaban J connectivity index is 2.88. The van der Waals surface area contributed by atoms with Gasteiger partial charge in [-0.2, -0.15) is 0 Å². The maximum Gasteiger partial charge on any atom is 0.309 e. The largest absolute Gasteiger partial charge is 0.493 e. The van der Waals surface area contributed by atoms with Gasteiger partial charge in [0.25, 0.3) is 0 Å². The Morgan fingerprint density at radius 1 is 1.04 bits per heavy atom. The lowest BCUT2D eigenvalue weighted by Gasteiger charge is -2.18. The van der Waals surface area contributed by atoms with E-state index in [1.165, 1.54) is 0 Å². The summed E-state index contributed by atoms with van der Waals surface area (Å²) in [5.74, 6) is -0.212. The lowest BCUT2D eigenvalue weighted by Crippen LogP contribution is -2.24. The van der Waals surface area contributed by atoms with E-state index in [-0.39, 0.29) is 19.0 Å². The molecule has 0 amide bonds. The topological polar surface area (TPSA) is 61.8 Å². The molecule has 134 valence electrons. The van der Waals surface area contributed by atoms with Crippen LogP contribution in [0.1, 0.15) is 39.7 Å². The summed E-state index contributed by atoms with van der Waals surface area (Å²) >= 11 is 0. The first-order valence-electron chi connectivity index (χ1n) is 8.50. The predicted molar refractivity (Wildman–Crippen MR) is 91.9 cm³/mol. The van der Waals surface area contributed by atoms with Crippen molar-refractivity contribution in [1.82, 2.24) is 0 Å². The minimum Gasteiger partial charge on any atom is -0.493 e. The van der Waals surface area contributed by atoms with E-state index in [9.17, 15) is 9.59 Å². The van der Waals surface area contributed by atoms with Crippen molar-refractivity contribution >= 4 is 11.9 Å². The molecular weight excluding hydrogens is 308 g/mol. The quantitative estimate of drug-likeness (QED) is 0.613. The van der Waals surface area contributed by atoms with E-state index in [1.807, 2.05) is 24.3 Å².